The van der Waals surface area contributed by atoms with E-state index in [-0.39, 0.29) is 11.3 Å². The summed E-state index contributed by atoms with van der Waals surface area (Å²) in [5.74, 6) is -3.21. The number of methoxy groups -OCH3 is 1. The molecule has 1 aromatic carbocycles. The fraction of sp³-hybridized carbons (Fsp3) is 0.167. The molecule has 0 unspecified atom stereocenters. The Kier molecular flexibility index (Phi) is 5.12. The van der Waals surface area contributed by atoms with Gasteiger partial charge in [0.25, 0.3) is 0 Å². The van der Waals surface area contributed by atoms with Crippen LogP contribution in [0.15, 0.2) is 17.2 Å². The van der Waals surface area contributed by atoms with E-state index in [1.807, 2.05) is 0 Å². The Hall–Kier alpha value is -3.00. The van der Waals surface area contributed by atoms with E-state index >= 15 is 0 Å². The predicted molar refractivity (Wildman–Crippen MR) is 64.4 cm³/mol. The van der Waals surface area contributed by atoms with Crippen molar-refractivity contribution in [3.63, 3.8) is 0 Å². The molecule has 1 aromatic rings. The summed E-state index contributed by atoms with van der Waals surface area (Å²) in [4.78, 5) is 11.0. The third-order valence-electron chi connectivity index (χ3n) is 2.22. The van der Waals surface area contributed by atoms with Gasteiger partial charge in [0.1, 0.15) is 12.1 Å². The second-order valence-corrected chi connectivity index (χ2v) is 3.45. The van der Waals surface area contributed by atoms with E-state index in [9.17, 15) is 13.6 Å². The molecule has 0 radical (unpaired) electrons. The molecule has 0 aliphatic rings. The summed E-state index contributed by atoms with van der Waals surface area (Å²) in [7, 11) is 1.13. The van der Waals surface area contributed by atoms with Crippen LogP contribution in [0.4, 0.5) is 14.5 Å². The predicted octanol–water partition coefficient (Wildman–Crippen LogP) is 1.50. The van der Waals surface area contributed by atoms with E-state index < -0.39 is 29.7 Å². The summed E-state index contributed by atoms with van der Waals surface area (Å²) in [5, 5.41) is 20.2. The normalized spacial score (nSPS) is 9.05. The quantitative estimate of drug-likeness (QED) is 0.511. The molecule has 0 fully saturated rings. The summed E-state index contributed by atoms with van der Waals surface area (Å²) < 4.78 is 31.6. The zero-order valence-corrected chi connectivity index (χ0v) is 10.3. The Balaban J connectivity index is 3.01. The second kappa shape index (κ2) is 6.81. The minimum atomic E-state index is -1.27. The molecule has 8 heteroatoms. The molecule has 0 spiro atoms. The number of ether oxygens (including phenoxy) is 1. The molecule has 102 valence electrons. The molecule has 1 rings (SSSR count). The van der Waals surface area contributed by atoms with Gasteiger partial charge in [-0.2, -0.15) is 15.6 Å². The fourth-order valence-corrected chi connectivity index (χ4v) is 1.23. The van der Waals surface area contributed by atoms with E-state index in [1.54, 1.807) is 0 Å². The molecule has 0 aliphatic carbocycles. The zero-order chi connectivity index (χ0) is 15.1. The average Bonchev–Trinajstić information content (AvgIpc) is 2.46. The molecule has 0 bridgehead atoms. The minimum absolute atomic E-state index is 0.176. The Morgan fingerprint density at radius 1 is 1.35 bits per heavy atom. The van der Waals surface area contributed by atoms with Gasteiger partial charge in [0.2, 0.25) is 5.71 Å². The van der Waals surface area contributed by atoms with Crippen molar-refractivity contribution in [3.8, 4) is 12.1 Å². The highest BCUT2D eigenvalue weighted by molar-refractivity contribution is 6.10. The number of nitrogens with zero attached hydrogens (tertiary/aromatic N) is 3. The van der Waals surface area contributed by atoms with E-state index in [4.69, 9.17) is 10.5 Å². The number of halogens is 2. The van der Waals surface area contributed by atoms with Gasteiger partial charge in [-0.25, -0.2) is 8.78 Å². The van der Waals surface area contributed by atoms with Gasteiger partial charge in [-0.1, -0.05) is 6.07 Å². The second-order valence-electron chi connectivity index (χ2n) is 3.45. The summed E-state index contributed by atoms with van der Waals surface area (Å²) in [6, 6.07) is 5.20. The van der Waals surface area contributed by atoms with Gasteiger partial charge in [-0.05, 0) is 6.07 Å². The SMILES string of the molecule is COC(=O)Cc1ccc(NN=C(C#N)C#N)c(F)c1F. The van der Waals surface area contributed by atoms with Crippen LogP contribution in [-0.2, 0) is 16.0 Å². The Morgan fingerprint density at radius 3 is 2.55 bits per heavy atom. The van der Waals surface area contributed by atoms with Crippen LogP contribution >= 0.6 is 0 Å². The molecule has 20 heavy (non-hydrogen) atoms. The molecule has 1 N–H and O–H groups in total. The zero-order valence-electron chi connectivity index (χ0n) is 10.3. The first-order chi connectivity index (χ1) is 9.53. The van der Waals surface area contributed by atoms with Crippen molar-refractivity contribution in [2.24, 2.45) is 5.10 Å². The summed E-state index contributed by atoms with van der Waals surface area (Å²) in [6.07, 6.45) is -0.412. The average molecular weight is 278 g/mol. The molecule has 0 aliphatic heterocycles. The molecule has 0 aromatic heterocycles. The summed E-state index contributed by atoms with van der Waals surface area (Å²) in [5.41, 5.74) is 0.985. The van der Waals surface area contributed by atoms with Crippen LogP contribution in [0.2, 0.25) is 0 Å². The molecule has 0 atom stereocenters. The van der Waals surface area contributed by atoms with Gasteiger partial charge in [-0.15, -0.1) is 0 Å². The molecule has 0 saturated heterocycles. The van der Waals surface area contributed by atoms with Crippen LogP contribution in [0.3, 0.4) is 0 Å². The first kappa shape index (κ1) is 15.1. The number of hydrogen-bond acceptors (Lipinski definition) is 6. The maximum atomic E-state index is 13.7. The monoisotopic (exact) mass is 278 g/mol. The lowest BCUT2D eigenvalue weighted by atomic mass is 10.1. The first-order valence-electron chi connectivity index (χ1n) is 5.21. The largest absolute Gasteiger partial charge is 0.469 e. The fourth-order valence-electron chi connectivity index (χ4n) is 1.23. The van der Waals surface area contributed by atoms with Gasteiger partial charge < -0.3 is 4.74 Å². The number of hydrazone groups is 1. The third-order valence-corrected chi connectivity index (χ3v) is 2.22. The van der Waals surface area contributed by atoms with E-state index in [2.05, 4.69) is 15.3 Å². The van der Waals surface area contributed by atoms with Crippen molar-refractivity contribution in [2.75, 3.05) is 12.5 Å². The maximum Gasteiger partial charge on any atom is 0.310 e. The Labute approximate surface area is 112 Å². The molecule has 0 amide bonds. The van der Waals surface area contributed by atoms with E-state index in [0.29, 0.717) is 0 Å². The Bertz CT molecular complexity index is 628. The number of anilines is 1. The number of esters is 1. The van der Waals surface area contributed by atoms with Crippen molar-refractivity contribution in [1.82, 2.24) is 0 Å². The first-order valence-corrected chi connectivity index (χ1v) is 5.21. The number of carbonyl (C=O) groups is 1. The topological polar surface area (TPSA) is 98.3 Å². The molecule has 0 heterocycles. The highest BCUT2D eigenvalue weighted by Gasteiger charge is 2.16. The van der Waals surface area contributed by atoms with Crippen molar-refractivity contribution in [2.45, 2.75) is 6.42 Å². The van der Waals surface area contributed by atoms with E-state index in [1.165, 1.54) is 18.2 Å². The number of nitriles is 2. The lowest BCUT2D eigenvalue weighted by molar-refractivity contribution is -0.139. The van der Waals surface area contributed by atoms with Gasteiger partial charge in [0.15, 0.2) is 11.6 Å². The van der Waals surface area contributed by atoms with Crippen molar-refractivity contribution in [3.05, 3.63) is 29.3 Å². The van der Waals surface area contributed by atoms with E-state index in [0.717, 1.165) is 13.2 Å². The molecular formula is C12H8F2N4O2. The van der Waals surface area contributed by atoms with Gasteiger partial charge in [0, 0.05) is 5.56 Å². The van der Waals surface area contributed by atoms with Gasteiger partial charge in [-0.3, -0.25) is 10.2 Å². The van der Waals surface area contributed by atoms with Crippen LogP contribution in [0.5, 0.6) is 0 Å². The Morgan fingerprint density at radius 2 is 2.00 bits per heavy atom. The summed E-state index contributed by atoms with van der Waals surface area (Å²) in [6.45, 7) is 0. The van der Waals surface area contributed by atoms with Crippen LogP contribution in [-0.4, -0.2) is 18.8 Å². The smallest absolute Gasteiger partial charge is 0.310 e. The van der Waals surface area contributed by atoms with Crippen LogP contribution in [0.25, 0.3) is 0 Å². The lowest BCUT2D eigenvalue weighted by Gasteiger charge is -2.07. The van der Waals surface area contributed by atoms with Crippen molar-refractivity contribution in [1.29, 1.82) is 10.5 Å². The standard InChI is InChI=1S/C12H8F2N4O2/c1-20-10(19)4-7-2-3-9(12(14)11(7)13)18-17-8(5-15)6-16/h2-3,18H,4H2,1H3. The van der Waals surface area contributed by atoms with Crippen LogP contribution in [0, 0.1) is 34.3 Å². The van der Waals surface area contributed by atoms with Crippen LogP contribution < -0.4 is 5.43 Å². The maximum absolute atomic E-state index is 13.7. The number of carbonyl (C=O) groups excluding carboxylic acids is 1. The van der Waals surface area contributed by atoms with Crippen molar-refractivity contribution < 1.29 is 18.3 Å². The highest BCUT2D eigenvalue weighted by Crippen LogP contribution is 2.21. The molecular weight excluding hydrogens is 270 g/mol. The van der Waals surface area contributed by atoms with Gasteiger partial charge in [0.05, 0.1) is 19.2 Å². The number of rotatable bonds is 4. The van der Waals surface area contributed by atoms with Crippen molar-refractivity contribution >= 4 is 17.4 Å². The number of nitrogens with one attached hydrogen (secondary N) is 1. The minimum Gasteiger partial charge on any atom is -0.469 e. The number of hydrogen-bond donors (Lipinski definition) is 1. The number of benzene rings is 1. The highest BCUT2D eigenvalue weighted by atomic mass is 19.2. The molecule has 6 nitrogen and oxygen atoms in total. The third kappa shape index (κ3) is 3.50. The summed E-state index contributed by atoms with van der Waals surface area (Å²) >= 11 is 0. The molecule has 0 saturated carbocycles. The lowest BCUT2D eigenvalue weighted by Crippen LogP contribution is -2.08. The van der Waals surface area contributed by atoms with Crippen LogP contribution in [0.1, 0.15) is 5.56 Å². The van der Waals surface area contributed by atoms with Gasteiger partial charge >= 0.3 is 5.97 Å².